The fourth-order valence-electron chi connectivity index (χ4n) is 3.51. The van der Waals surface area contributed by atoms with Crippen LogP contribution in [-0.2, 0) is 14.8 Å². The number of ether oxygens (including phenoxy) is 2. The Kier molecular flexibility index (Phi) is 5.76. The summed E-state index contributed by atoms with van der Waals surface area (Å²) in [7, 11) is -2.42. The van der Waals surface area contributed by atoms with E-state index in [-0.39, 0.29) is 16.3 Å². The maximum atomic E-state index is 12.9. The van der Waals surface area contributed by atoms with Gasteiger partial charge in [0.15, 0.2) is 5.75 Å². The molecule has 0 radical (unpaired) electrons. The lowest BCUT2D eigenvalue weighted by molar-refractivity contribution is -0.385. The van der Waals surface area contributed by atoms with Crippen LogP contribution >= 0.6 is 0 Å². The molecule has 0 unspecified atom stereocenters. The van der Waals surface area contributed by atoms with Gasteiger partial charge in [-0.05, 0) is 18.9 Å². The number of rotatable bonds is 5. The number of nitro groups is 1. The molecule has 1 aromatic carbocycles. The van der Waals surface area contributed by atoms with Gasteiger partial charge in [-0.2, -0.15) is 4.31 Å². The molecule has 0 aromatic heterocycles. The van der Waals surface area contributed by atoms with Crippen molar-refractivity contribution >= 4 is 15.7 Å². The molecule has 0 bridgehead atoms. The molecule has 3 rings (SSSR count). The average molecular weight is 385 g/mol. The number of sulfonamides is 1. The van der Waals surface area contributed by atoms with Crippen LogP contribution in [0.4, 0.5) is 5.69 Å². The van der Waals surface area contributed by atoms with E-state index in [0.29, 0.717) is 19.1 Å². The van der Waals surface area contributed by atoms with E-state index in [4.69, 9.17) is 9.47 Å². The van der Waals surface area contributed by atoms with Crippen LogP contribution in [0.2, 0.25) is 0 Å². The zero-order chi connectivity index (χ0) is 18.7. The predicted molar refractivity (Wildman–Crippen MR) is 93.8 cm³/mol. The maximum absolute atomic E-state index is 12.9. The largest absolute Gasteiger partial charge is 0.490 e. The number of nitrogens with zero attached hydrogens (tertiary/aromatic N) is 3. The highest BCUT2D eigenvalue weighted by Crippen LogP contribution is 2.31. The summed E-state index contributed by atoms with van der Waals surface area (Å²) in [5.74, 6) is -0.0562. The Hall–Kier alpha value is -1.75. The van der Waals surface area contributed by atoms with Gasteiger partial charge in [0, 0.05) is 44.4 Å². The summed E-state index contributed by atoms with van der Waals surface area (Å²) in [6, 6.07) is 4.04. The predicted octanol–water partition coefficient (Wildman–Crippen LogP) is 1.09. The van der Waals surface area contributed by atoms with Gasteiger partial charge < -0.3 is 9.47 Å². The fraction of sp³-hybridized carbons (Fsp3) is 0.625. The Labute approximate surface area is 152 Å². The Morgan fingerprint density at radius 1 is 1.19 bits per heavy atom. The smallest absolute Gasteiger partial charge is 0.310 e. The van der Waals surface area contributed by atoms with E-state index in [1.807, 2.05) is 0 Å². The zero-order valence-corrected chi connectivity index (χ0v) is 15.5. The van der Waals surface area contributed by atoms with E-state index in [2.05, 4.69) is 4.90 Å². The Morgan fingerprint density at radius 2 is 1.85 bits per heavy atom. The molecule has 0 N–H and O–H groups in total. The van der Waals surface area contributed by atoms with Gasteiger partial charge in [0.05, 0.1) is 30.1 Å². The molecule has 2 fully saturated rings. The summed E-state index contributed by atoms with van der Waals surface area (Å²) in [6.07, 6.45) is 1.53. The molecule has 2 aliphatic heterocycles. The molecule has 26 heavy (non-hydrogen) atoms. The van der Waals surface area contributed by atoms with Crippen molar-refractivity contribution in [3.05, 3.63) is 28.3 Å². The van der Waals surface area contributed by atoms with E-state index in [0.717, 1.165) is 39.1 Å². The van der Waals surface area contributed by atoms with E-state index < -0.39 is 14.9 Å². The summed E-state index contributed by atoms with van der Waals surface area (Å²) >= 11 is 0. The third kappa shape index (κ3) is 3.83. The molecule has 9 nitrogen and oxygen atoms in total. The van der Waals surface area contributed by atoms with Crippen molar-refractivity contribution in [3.63, 3.8) is 0 Å². The highest BCUT2D eigenvalue weighted by atomic mass is 32.2. The van der Waals surface area contributed by atoms with Crippen molar-refractivity contribution in [1.82, 2.24) is 9.21 Å². The van der Waals surface area contributed by atoms with Crippen LogP contribution in [0.5, 0.6) is 5.75 Å². The van der Waals surface area contributed by atoms with Gasteiger partial charge in [0.2, 0.25) is 10.0 Å². The second-order valence-electron chi connectivity index (χ2n) is 6.37. The summed E-state index contributed by atoms with van der Waals surface area (Å²) < 4.78 is 37.6. The minimum Gasteiger partial charge on any atom is -0.490 e. The first-order valence-corrected chi connectivity index (χ1v) is 10.0. The van der Waals surface area contributed by atoms with Gasteiger partial charge in [0.25, 0.3) is 0 Å². The number of nitro benzene ring substituents is 1. The fourth-order valence-corrected chi connectivity index (χ4v) is 4.99. The maximum Gasteiger partial charge on any atom is 0.310 e. The molecule has 2 saturated heterocycles. The molecule has 2 heterocycles. The molecule has 0 aliphatic carbocycles. The van der Waals surface area contributed by atoms with Crippen LogP contribution in [0, 0.1) is 10.1 Å². The molecule has 0 atom stereocenters. The highest BCUT2D eigenvalue weighted by molar-refractivity contribution is 7.89. The van der Waals surface area contributed by atoms with Gasteiger partial charge in [0.1, 0.15) is 0 Å². The highest BCUT2D eigenvalue weighted by Gasteiger charge is 2.33. The van der Waals surface area contributed by atoms with E-state index in [1.54, 1.807) is 0 Å². The van der Waals surface area contributed by atoms with Crippen LogP contribution < -0.4 is 4.74 Å². The van der Waals surface area contributed by atoms with Gasteiger partial charge in [-0.3, -0.25) is 15.0 Å². The minimum atomic E-state index is -3.70. The molecule has 0 saturated carbocycles. The SMILES string of the molecule is COc1cc(S(=O)(=O)N2CCC(N3CCOCC3)CC2)ccc1[N+](=O)[O-]. The first kappa shape index (κ1) is 19.0. The topological polar surface area (TPSA) is 102 Å². The molecule has 144 valence electrons. The van der Waals surface area contributed by atoms with Gasteiger partial charge >= 0.3 is 5.69 Å². The molecular formula is C16H23N3O6S. The first-order valence-electron chi connectivity index (χ1n) is 8.58. The van der Waals surface area contributed by atoms with Crippen LogP contribution in [-0.4, -0.2) is 75.1 Å². The van der Waals surface area contributed by atoms with Crippen LogP contribution in [0.1, 0.15) is 12.8 Å². The standard InChI is InChI=1S/C16H23N3O6S/c1-24-16-12-14(2-3-15(16)19(20)21)26(22,23)18-6-4-13(5-7-18)17-8-10-25-11-9-17/h2-3,12-13H,4-11H2,1H3. The number of benzene rings is 1. The minimum absolute atomic E-state index is 0.0183. The van der Waals surface area contributed by atoms with Crippen molar-refractivity contribution in [1.29, 1.82) is 0 Å². The van der Waals surface area contributed by atoms with Gasteiger partial charge in [-0.1, -0.05) is 0 Å². The van der Waals surface area contributed by atoms with E-state index in [9.17, 15) is 18.5 Å². The van der Waals surface area contributed by atoms with Crippen LogP contribution in [0.15, 0.2) is 23.1 Å². The quantitative estimate of drug-likeness (QED) is 0.552. The lowest BCUT2D eigenvalue weighted by Gasteiger charge is -2.39. The molecule has 1 aromatic rings. The van der Waals surface area contributed by atoms with Crippen molar-refractivity contribution in [2.24, 2.45) is 0 Å². The third-order valence-corrected chi connectivity index (χ3v) is 6.87. The number of hydrogen-bond acceptors (Lipinski definition) is 7. The monoisotopic (exact) mass is 385 g/mol. The van der Waals surface area contributed by atoms with Crippen LogP contribution in [0.25, 0.3) is 0 Å². The van der Waals surface area contributed by atoms with Crippen molar-refractivity contribution in [2.45, 2.75) is 23.8 Å². The second-order valence-corrected chi connectivity index (χ2v) is 8.31. The summed E-state index contributed by atoms with van der Waals surface area (Å²) in [4.78, 5) is 12.8. The van der Waals surface area contributed by atoms with Gasteiger partial charge in [-0.15, -0.1) is 0 Å². The van der Waals surface area contributed by atoms with Crippen molar-refractivity contribution in [2.75, 3.05) is 46.5 Å². The third-order valence-electron chi connectivity index (χ3n) is 4.97. The van der Waals surface area contributed by atoms with Crippen LogP contribution in [0.3, 0.4) is 0 Å². The number of piperidine rings is 1. The summed E-state index contributed by atoms with van der Waals surface area (Å²) in [6.45, 7) is 4.09. The number of hydrogen-bond donors (Lipinski definition) is 0. The Balaban J connectivity index is 1.72. The number of methoxy groups -OCH3 is 1. The van der Waals surface area contributed by atoms with Gasteiger partial charge in [-0.25, -0.2) is 8.42 Å². The Morgan fingerprint density at radius 3 is 2.42 bits per heavy atom. The summed E-state index contributed by atoms with van der Waals surface area (Å²) in [5.41, 5.74) is -0.252. The van der Waals surface area contributed by atoms with E-state index >= 15 is 0 Å². The number of morpholine rings is 1. The molecular weight excluding hydrogens is 362 g/mol. The van der Waals surface area contributed by atoms with Crippen molar-refractivity contribution < 1.29 is 22.8 Å². The Bertz CT molecular complexity index is 755. The zero-order valence-electron chi connectivity index (χ0n) is 14.7. The lowest BCUT2D eigenvalue weighted by Crippen LogP contribution is -2.50. The lowest BCUT2D eigenvalue weighted by atomic mass is 10.0. The normalized spacial score (nSPS) is 20.8. The van der Waals surface area contributed by atoms with E-state index in [1.165, 1.54) is 29.6 Å². The molecule has 2 aliphatic rings. The second kappa shape index (κ2) is 7.87. The molecule has 0 spiro atoms. The molecule has 10 heteroatoms. The first-order chi connectivity index (χ1) is 12.4. The molecule has 0 amide bonds. The summed E-state index contributed by atoms with van der Waals surface area (Å²) in [5, 5.41) is 11.0. The average Bonchev–Trinajstić information content (AvgIpc) is 2.68. The van der Waals surface area contributed by atoms with Crippen molar-refractivity contribution in [3.8, 4) is 5.75 Å².